The molecule has 0 amide bonds. The summed E-state index contributed by atoms with van der Waals surface area (Å²) < 4.78 is 2.06. The maximum atomic E-state index is 11.2. The Balaban J connectivity index is 1.45. The van der Waals surface area contributed by atoms with E-state index >= 15 is 0 Å². The molecule has 3 aromatic rings. The first kappa shape index (κ1) is 15.7. The van der Waals surface area contributed by atoms with Crippen LogP contribution in [0.1, 0.15) is 30.1 Å². The Morgan fingerprint density at radius 2 is 1.84 bits per heavy atom. The predicted molar refractivity (Wildman–Crippen MR) is 93.3 cm³/mol. The van der Waals surface area contributed by atoms with Gasteiger partial charge >= 0.3 is 0 Å². The van der Waals surface area contributed by atoms with Crippen molar-refractivity contribution in [3.05, 3.63) is 70.2 Å². The van der Waals surface area contributed by atoms with Gasteiger partial charge in [-0.3, -0.25) is 19.4 Å². The normalized spacial score (nSPS) is 16.3. The fourth-order valence-electron chi connectivity index (χ4n) is 3.55. The van der Waals surface area contributed by atoms with E-state index in [4.69, 9.17) is 0 Å². The first-order valence-corrected chi connectivity index (χ1v) is 8.46. The Labute approximate surface area is 145 Å². The zero-order valence-corrected chi connectivity index (χ0v) is 13.8. The second kappa shape index (κ2) is 6.60. The molecule has 128 valence electrons. The minimum Gasteiger partial charge on any atom is -0.299 e. The zero-order valence-electron chi connectivity index (χ0n) is 13.8. The Kier molecular flexibility index (Phi) is 4.15. The van der Waals surface area contributed by atoms with Crippen LogP contribution in [0.5, 0.6) is 0 Å². The van der Waals surface area contributed by atoms with Crippen LogP contribution in [0.2, 0.25) is 0 Å². The molecular weight excluding hydrogens is 318 g/mol. The number of benzene rings is 1. The third-order valence-electron chi connectivity index (χ3n) is 4.88. The molecule has 7 heteroatoms. The molecule has 2 aromatic heterocycles. The van der Waals surface area contributed by atoms with E-state index in [9.17, 15) is 10.1 Å². The summed E-state index contributed by atoms with van der Waals surface area (Å²) in [5.74, 6) is 1.39. The van der Waals surface area contributed by atoms with Gasteiger partial charge in [0.05, 0.1) is 4.92 Å². The van der Waals surface area contributed by atoms with Crippen LogP contribution in [-0.2, 0) is 6.54 Å². The van der Waals surface area contributed by atoms with Crippen LogP contribution in [0.4, 0.5) is 5.69 Å². The molecule has 0 radical (unpaired) electrons. The average Bonchev–Trinajstić information content (AvgIpc) is 3.07. The Morgan fingerprint density at radius 3 is 2.64 bits per heavy atom. The minimum atomic E-state index is -0.301. The standard InChI is InChI=1S/C18H19N5O2/c24-23(25)16-6-2-1-5-15(16)13-21-11-8-14(9-12-21)18-20-19-17-7-3-4-10-22(17)18/h1-7,10,14H,8-9,11-13H2. The lowest BCUT2D eigenvalue weighted by Crippen LogP contribution is -2.33. The second-order valence-corrected chi connectivity index (χ2v) is 6.42. The monoisotopic (exact) mass is 337 g/mol. The largest absolute Gasteiger partial charge is 0.299 e. The summed E-state index contributed by atoms with van der Waals surface area (Å²) in [6, 6.07) is 12.9. The summed E-state index contributed by atoms with van der Waals surface area (Å²) in [4.78, 5) is 13.1. The van der Waals surface area contributed by atoms with Gasteiger partial charge < -0.3 is 0 Å². The fraction of sp³-hybridized carbons (Fsp3) is 0.333. The molecule has 1 aliphatic heterocycles. The SMILES string of the molecule is O=[N+]([O-])c1ccccc1CN1CCC(c2nnc3ccccn23)CC1. The van der Waals surface area contributed by atoms with Gasteiger partial charge in [0.15, 0.2) is 5.65 Å². The number of aromatic nitrogens is 3. The zero-order chi connectivity index (χ0) is 17.2. The third kappa shape index (κ3) is 3.10. The van der Waals surface area contributed by atoms with Gasteiger partial charge in [-0.15, -0.1) is 10.2 Å². The number of nitro groups is 1. The molecular formula is C18H19N5O2. The van der Waals surface area contributed by atoms with Gasteiger partial charge in [0.2, 0.25) is 0 Å². The van der Waals surface area contributed by atoms with E-state index in [0.717, 1.165) is 43.0 Å². The van der Waals surface area contributed by atoms with Gasteiger partial charge in [0.1, 0.15) is 5.82 Å². The molecule has 0 atom stereocenters. The van der Waals surface area contributed by atoms with E-state index in [1.165, 1.54) is 0 Å². The summed E-state index contributed by atoms with van der Waals surface area (Å²) in [5, 5.41) is 19.8. The van der Waals surface area contributed by atoms with Gasteiger partial charge in [-0.2, -0.15) is 0 Å². The molecule has 0 spiro atoms. The van der Waals surface area contributed by atoms with Crippen LogP contribution in [0.15, 0.2) is 48.7 Å². The number of fused-ring (bicyclic) bond motifs is 1. The molecule has 0 saturated carbocycles. The van der Waals surface area contributed by atoms with E-state index in [-0.39, 0.29) is 10.6 Å². The van der Waals surface area contributed by atoms with Crippen molar-refractivity contribution in [2.24, 2.45) is 0 Å². The summed E-state index contributed by atoms with van der Waals surface area (Å²) in [6.45, 7) is 2.42. The number of likely N-dealkylation sites (tertiary alicyclic amines) is 1. The average molecular weight is 337 g/mol. The number of hydrogen-bond donors (Lipinski definition) is 0. The Morgan fingerprint density at radius 1 is 1.08 bits per heavy atom. The third-order valence-corrected chi connectivity index (χ3v) is 4.88. The number of nitro benzene ring substituents is 1. The number of piperidine rings is 1. The van der Waals surface area contributed by atoms with Crippen molar-refractivity contribution in [3.63, 3.8) is 0 Å². The number of hydrogen-bond acceptors (Lipinski definition) is 5. The maximum absolute atomic E-state index is 11.2. The molecule has 7 nitrogen and oxygen atoms in total. The molecule has 1 aromatic carbocycles. The van der Waals surface area contributed by atoms with Gasteiger partial charge in [-0.05, 0) is 38.1 Å². The van der Waals surface area contributed by atoms with Gasteiger partial charge in [-0.25, -0.2) is 0 Å². The van der Waals surface area contributed by atoms with E-state index in [0.29, 0.717) is 12.5 Å². The van der Waals surface area contributed by atoms with Gasteiger partial charge in [0, 0.05) is 30.3 Å². The topological polar surface area (TPSA) is 76.6 Å². The van der Waals surface area contributed by atoms with Crippen LogP contribution in [0.3, 0.4) is 0 Å². The quantitative estimate of drug-likeness (QED) is 0.540. The van der Waals surface area contributed by atoms with Crippen molar-refractivity contribution in [1.82, 2.24) is 19.5 Å². The summed E-state index contributed by atoms with van der Waals surface area (Å²) in [6.07, 6.45) is 3.97. The van der Waals surface area contributed by atoms with Crippen molar-refractivity contribution < 1.29 is 4.92 Å². The molecule has 0 aliphatic carbocycles. The van der Waals surface area contributed by atoms with E-state index in [1.807, 2.05) is 36.5 Å². The maximum Gasteiger partial charge on any atom is 0.273 e. The first-order chi connectivity index (χ1) is 12.2. The molecule has 0 N–H and O–H groups in total. The number of pyridine rings is 1. The number of para-hydroxylation sites is 1. The molecule has 4 rings (SSSR count). The van der Waals surface area contributed by atoms with Gasteiger partial charge in [-0.1, -0.05) is 24.3 Å². The molecule has 1 aliphatic rings. The van der Waals surface area contributed by atoms with E-state index < -0.39 is 0 Å². The summed E-state index contributed by atoms with van der Waals surface area (Å²) >= 11 is 0. The molecule has 1 saturated heterocycles. The molecule has 3 heterocycles. The van der Waals surface area contributed by atoms with Crippen molar-refractivity contribution in [3.8, 4) is 0 Å². The highest BCUT2D eigenvalue weighted by Crippen LogP contribution is 2.29. The fourth-order valence-corrected chi connectivity index (χ4v) is 3.55. The summed E-state index contributed by atoms with van der Waals surface area (Å²) in [5.41, 5.74) is 1.85. The number of nitrogens with zero attached hydrogens (tertiary/aromatic N) is 5. The highest BCUT2D eigenvalue weighted by Gasteiger charge is 2.25. The summed E-state index contributed by atoms with van der Waals surface area (Å²) in [7, 11) is 0. The van der Waals surface area contributed by atoms with Crippen molar-refractivity contribution in [2.75, 3.05) is 13.1 Å². The highest BCUT2D eigenvalue weighted by molar-refractivity contribution is 5.40. The van der Waals surface area contributed by atoms with Crippen LogP contribution in [0.25, 0.3) is 5.65 Å². The molecule has 25 heavy (non-hydrogen) atoms. The van der Waals surface area contributed by atoms with Crippen LogP contribution >= 0.6 is 0 Å². The van der Waals surface area contributed by atoms with E-state index in [2.05, 4.69) is 19.5 Å². The predicted octanol–water partition coefficient (Wildman–Crippen LogP) is 3.02. The number of rotatable bonds is 4. The highest BCUT2D eigenvalue weighted by atomic mass is 16.6. The molecule has 0 bridgehead atoms. The van der Waals surface area contributed by atoms with Crippen LogP contribution in [-0.4, -0.2) is 37.5 Å². The lowest BCUT2D eigenvalue weighted by Gasteiger charge is -2.31. The van der Waals surface area contributed by atoms with Crippen LogP contribution in [0, 0.1) is 10.1 Å². The van der Waals surface area contributed by atoms with Crippen molar-refractivity contribution in [1.29, 1.82) is 0 Å². The second-order valence-electron chi connectivity index (χ2n) is 6.42. The minimum absolute atomic E-state index is 0.202. The first-order valence-electron chi connectivity index (χ1n) is 8.46. The lowest BCUT2D eigenvalue weighted by atomic mass is 9.95. The Bertz CT molecular complexity index is 899. The van der Waals surface area contributed by atoms with Crippen molar-refractivity contribution >= 4 is 11.3 Å². The van der Waals surface area contributed by atoms with Crippen molar-refractivity contribution in [2.45, 2.75) is 25.3 Å². The molecule has 0 unspecified atom stereocenters. The smallest absolute Gasteiger partial charge is 0.273 e. The van der Waals surface area contributed by atoms with Crippen LogP contribution < -0.4 is 0 Å². The lowest BCUT2D eigenvalue weighted by molar-refractivity contribution is -0.385. The van der Waals surface area contributed by atoms with E-state index in [1.54, 1.807) is 12.1 Å². The van der Waals surface area contributed by atoms with Gasteiger partial charge in [0.25, 0.3) is 5.69 Å². The Hall–Kier alpha value is -2.80. The molecule has 1 fully saturated rings.